The lowest BCUT2D eigenvalue weighted by atomic mass is 9.98. The van der Waals surface area contributed by atoms with Gasteiger partial charge in [0.15, 0.2) is 0 Å². The number of nitrogens with two attached hydrogens (primary N) is 1. The number of rotatable bonds is 5. The van der Waals surface area contributed by atoms with Gasteiger partial charge in [0.2, 0.25) is 5.91 Å². The zero-order valence-corrected chi connectivity index (χ0v) is 8.66. The summed E-state index contributed by atoms with van der Waals surface area (Å²) in [4.78, 5) is 17.6. The summed E-state index contributed by atoms with van der Waals surface area (Å²) >= 11 is 0. The average molecular weight is 201 g/mol. The Hall–Kier alpha value is -0.650. The van der Waals surface area contributed by atoms with Gasteiger partial charge in [0.1, 0.15) is 6.61 Å². The number of primary amides is 1. The average Bonchev–Trinajstić information content (AvgIpc) is 2.15. The molecule has 0 aromatic heterocycles. The predicted molar refractivity (Wildman–Crippen MR) is 53.4 cm³/mol. The third-order valence-corrected chi connectivity index (χ3v) is 2.53. The summed E-state index contributed by atoms with van der Waals surface area (Å²) in [6, 6.07) is 0. The standard InChI is InChI=1S/C9H19N3O2/c1-12-4-2-8(3-5-12)6-11-14-7-9(10)13/h8,11H,2-7H2,1H3,(H2,10,13). The molecule has 14 heavy (non-hydrogen) atoms. The van der Waals surface area contributed by atoms with E-state index >= 15 is 0 Å². The molecule has 5 heteroatoms. The van der Waals surface area contributed by atoms with Gasteiger partial charge in [-0.1, -0.05) is 0 Å². The topological polar surface area (TPSA) is 67.6 Å². The molecule has 1 aliphatic heterocycles. The predicted octanol–water partition coefficient (Wildman–Crippen LogP) is -0.665. The first-order valence-electron chi connectivity index (χ1n) is 5.00. The van der Waals surface area contributed by atoms with Gasteiger partial charge < -0.3 is 10.6 Å². The van der Waals surface area contributed by atoms with Crippen LogP contribution in [-0.2, 0) is 9.63 Å². The maximum Gasteiger partial charge on any atom is 0.245 e. The minimum absolute atomic E-state index is 0.0490. The zero-order valence-electron chi connectivity index (χ0n) is 8.66. The Morgan fingerprint density at radius 3 is 2.79 bits per heavy atom. The molecule has 1 saturated heterocycles. The first-order valence-corrected chi connectivity index (χ1v) is 5.00. The minimum Gasteiger partial charge on any atom is -0.368 e. The van der Waals surface area contributed by atoms with Gasteiger partial charge in [-0.3, -0.25) is 9.63 Å². The van der Waals surface area contributed by atoms with E-state index in [4.69, 9.17) is 10.6 Å². The minimum atomic E-state index is -0.444. The zero-order chi connectivity index (χ0) is 10.4. The fraction of sp³-hybridized carbons (Fsp3) is 0.889. The van der Waals surface area contributed by atoms with Crippen LogP contribution in [0.3, 0.4) is 0 Å². The molecular formula is C9H19N3O2. The summed E-state index contributed by atoms with van der Waals surface area (Å²) in [6.07, 6.45) is 2.37. The number of carbonyl (C=O) groups excluding carboxylic acids is 1. The van der Waals surface area contributed by atoms with Crippen LogP contribution in [0.25, 0.3) is 0 Å². The molecule has 0 radical (unpaired) electrons. The summed E-state index contributed by atoms with van der Waals surface area (Å²) in [5.74, 6) is 0.208. The summed E-state index contributed by atoms with van der Waals surface area (Å²) in [5.41, 5.74) is 7.70. The Kier molecular flexibility index (Phi) is 4.86. The van der Waals surface area contributed by atoms with Crippen molar-refractivity contribution in [2.24, 2.45) is 11.7 Å². The molecule has 0 unspecified atom stereocenters. The first kappa shape index (κ1) is 11.4. The van der Waals surface area contributed by atoms with Gasteiger partial charge in [-0.2, -0.15) is 0 Å². The van der Waals surface area contributed by atoms with Crippen molar-refractivity contribution in [1.82, 2.24) is 10.4 Å². The van der Waals surface area contributed by atoms with Crippen molar-refractivity contribution in [2.45, 2.75) is 12.8 Å². The number of hydrogen-bond donors (Lipinski definition) is 2. The Bertz CT molecular complexity index is 179. The maximum absolute atomic E-state index is 10.3. The quantitative estimate of drug-likeness (QED) is 0.457. The van der Waals surface area contributed by atoms with E-state index in [-0.39, 0.29) is 6.61 Å². The highest BCUT2D eigenvalue weighted by atomic mass is 16.6. The molecule has 1 aliphatic rings. The smallest absolute Gasteiger partial charge is 0.245 e. The number of amides is 1. The van der Waals surface area contributed by atoms with Crippen molar-refractivity contribution in [3.63, 3.8) is 0 Å². The van der Waals surface area contributed by atoms with Crippen LogP contribution < -0.4 is 11.2 Å². The summed E-state index contributed by atoms with van der Waals surface area (Å²) < 4.78 is 0. The number of piperidine rings is 1. The Morgan fingerprint density at radius 2 is 2.21 bits per heavy atom. The van der Waals surface area contributed by atoms with Crippen LogP contribution in [-0.4, -0.2) is 44.1 Å². The number of likely N-dealkylation sites (tertiary alicyclic amines) is 1. The van der Waals surface area contributed by atoms with Gasteiger partial charge in [0.25, 0.3) is 0 Å². The summed E-state index contributed by atoms with van der Waals surface area (Å²) in [7, 11) is 2.13. The fourth-order valence-electron chi connectivity index (χ4n) is 1.57. The second-order valence-corrected chi connectivity index (χ2v) is 3.85. The summed E-state index contributed by atoms with van der Waals surface area (Å²) in [6.45, 7) is 3.04. The van der Waals surface area contributed by atoms with Gasteiger partial charge in [-0.25, -0.2) is 5.48 Å². The lowest BCUT2D eigenvalue weighted by molar-refractivity contribution is -0.125. The lowest BCUT2D eigenvalue weighted by Gasteiger charge is -2.28. The van der Waals surface area contributed by atoms with E-state index in [1.54, 1.807) is 0 Å². The SMILES string of the molecule is CN1CCC(CNOCC(N)=O)CC1. The van der Waals surface area contributed by atoms with Crippen molar-refractivity contribution in [3.05, 3.63) is 0 Å². The molecule has 1 fully saturated rings. The highest BCUT2D eigenvalue weighted by Gasteiger charge is 2.15. The normalized spacial score (nSPS) is 19.8. The number of nitrogens with one attached hydrogen (secondary N) is 1. The van der Waals surface area contributed by atoms with Crippen molar-refractivity contribution in [3.8, 4) is 0 Å². The molecule has 0 bridgehead atoms. The van der Waals surface area contributed by atoms with E-state index in [0.717, 1.165) is 19.6 Å². The second-order valence-electron chi connectivity index (χ2n) is 3.85. The largest absolute Gasteiger partial charge is 0.368 e. The highest BCUT2D eigenvalue weighted by molar-refractivity contribution is 5.74. The maximum atomic E-state index is 10.3. The van der Waals surface area contributed by atoms with Crippen LogP contribution in [0.4, 0.5) is 0 Å². The molecule has 0 aromatic carbocycles. The molecule has 82 valence electrons. The van der Waals surface area contributed by atoms with E-state index in [9.17, 15) is 4.79 Å². The van der Waals surface area contributed by atoms with Gasteiger partial charge in [0, 0.05) is 6.54 Å². The number of carbonyl (C=O) groups is 1. The molecule has 0 atom stereocenters. The van der Waals surface area contributed by atoms with E-state index in [1.807, 2.05) is 0 Å². The van der Waals surface area contributed by atoms with Gasteiger partial charge in [-0.05, 0) is 38.9 Å². The van der Waals surface area contributed by atoms with Gasteiger partial charge in [0.05, 0.1) is 0 Å². The molecular weight excluding hydrogens is 182 g/mol. The Labute approximate surface area is 84.5 Å². The third-order valence-electron chi connectivity index (χ3n) is 2.53. The van der Waals surface area contributed by atoms with Crippen LogP contribution in [0, 0.1) is 5.92 Å². The van der Waals surface area contributed by atoms with Crippen molar-refractivity contribution < 1.29 is 9.63 Å². The highest BCUT2D eigenvalue weighted by Crippen LogP contribution is 2.14. The van der Waals surface area contributed by atoms with Crippen molar-refractivity contribution >= 4 is 5.91 Å². The summed E-state index contributed by atoms with van der Waals surface area (Å²) in [5, 5.41) is 0. The number of nitrogens with zero attached hydrogens (tertiary/aromatic N) is 1. The van der Waals surface area contributed by atoms with E-state index in [0.29, 0.717) is 5.92 Å². The fourth-order valence-corrected chi connectivity index (χ4v) is 1.57. The second kappa shape index (κ2) is 5.95. The molecule has 5 nitrogen and oxygen atoms in total. The van der Waals surface area contributed by atoms with Gasteiger partial charge >= 0.3 is 0 Å². The molecule has 3 N–H and O–H groups in total. The van der Waals surface area contributed by atoms with Crippen molar-refractivity contribution in [2.75, 3.05) is 33.3 Å². The Morgan fingerprint density at radius 1 is 1.57 bits per heavy atom. The Balaban J connectivity index is 1.99. The van der Waals surface area contributed by atoms with E-state index in [1.165, 1.54) is 12.8 Å². The monoisotopic (exact) mass is 201 g/mol. The first-order chi connectivity index (χ1) is 6.68. The van der Waals surface area contributed by atoms with Crippen LogP contribution in [0.1, 0.15) is 12.8 Å². The number of hydroxylamine groups is 1. The molecule has 0 aromatic rings. The van der Waals surface area contributed by atoms with Crippen LogP contribution in [0.5, 0.6) is 0 Å². The van der Waals surface area contributed by atoms with E-state index in [2.05, 4.69) is 17.4 Å². The number of hydrogen-bond acceptors (Lipinski definition) is 4. The lowest BCUT2D eigenvalue weighted by Crippen LogP contribution is -2.35. The molecule has 0 saturated carbocycles. The molecule has 1 rings (SSSR count). The molecule has 1 heterocycles. The van der Waals surface area contributed by atoms with Crippen LogP contribution >= 0.6 is 0 Å². The van der Waals surface area contributed by atoms with E-state index < -0.39 is 5.91 Å². The molecule has 1 amide bonds. The molecule has 0 spiro atoms. The third kappa shape index (κ3) is 4.55. The van der Waals surface area contributed by atoms with Crippen LogP contribution in [0.2, 0.25) is 0 Å². The van der Waals surface area contributed by atoms with Crippen molar-refractivity contribution in [1.29, 1.82) is 0 Å². The molecule has 0 aliphatic carbocycles. The van der Waals surface area contributed by atoms with Gasteiger partial charge in [-0.15, -0.1) is 0 Å². The van der Waals surface area contributed by atoms with Crippen LogP contribution in [0.15, 0.2) is 0 Å².